The van der Waals surface area contributed by atoms with E-state index in [0.29, 0.717) is 5.41 Å². The third kappa shape index (κ3) is 3.14. The number of benzene rings is 1. The Labute approximate surface area is 121 Å². The van der Waals surface area contributed by atoms with Crippen molar-refractivity contribution in [3.8, 4) is 0 Å². The Morgan fingerprint density at radius 3 is 2.35 bits per heavy atom. The molecule has 2 rings (SSSR count). The van der Waals surface area contributed by atoms with Crippen LogP contribution in [0.5, 0.6) is 0 Å². The Kier molecular flexibility index (Phi) is 4.69. The van der Waals surface area contributed by atoms with Gasteiger partial charge in [0.15, 0.2) is 0 Å². The number of hydrogen-bond donors (Lipinski definition) is 1. The molecule has 20 heavy (non-hydrogen) atoms. The fraction of sp³-hybridized carbons (Fsp3) is 0.588. The fourth-order valence-corrected chi connectivity index (χ4v) is 3.57. The van der Waals surface area contributed by atoms with E-state index < -0.39 is 5.97 Å². The lowest BCUT2D eigenvalue weighted by molar-refractivity contribution is -0.136. The van der Waals surface area contributed by atoms with Crippen LogP contribution in [0.3, 0.4) is 0 Å². The predicted molar refractivity (Wildman–Crippen MR) is 82.2 cm³/mol. The molecular weight excluding hydrogens is 250 g/mol. The van der Waals surface area contributed by atoms with Crippen LogP contribution in [0.25, 0.3) is 0 Å². The van der Waals surface area contributed by atoms with E-state index >= 15 is 0 Å². The van der Waals surface area contributed by atoms with Crippen LogP contribution in [0.4, 0.5) is 5.69 Å². The molecule has 110 valence electrons. The first kappa shape index (κ1) is 14.9. The predicted octanol–water partition coefficient (Wildman–Crippen LogP) is 3.72. The van der Waals surface area contributed by atoms with E-state index in [1.54, 1.807) is 0 Å². The van der Waals surface area contributed by atoms with E-state index in [2.05, 4.69) is 24.8 Å². The molecule has 1 aliphatic rings. The van der Waals surface area contributed by atoms with Gasteiger partial charge in [-0.25, -0.2) is 0 Å². The molecule has 1 aliphatic heterocycles. The third-order valence-corrected chi connectivity index (χ3v) is 4.29. The molecule has 1 heterocycles. The van der Waals surface area contributed by atoms with Gasteiger partial charge < -0.3 is 10.0 Å². The van der Waals surface area contributed by atoms with Crippen molar-refractivity contribution >= 4 is 11.7 Å². The van der Waals surface area contributed by atoms with Crippen molar-refractivity contribution in [1.82, 2.24) is 0 Å². The van der Waals surface area contributed by atoms with Gasteiger partial charge in [0.2, 0.25) is 0 Å². The molecule has 0 aromatic heterocycles. The average molecular weight is 275 g/mol. The topological polar surface area (TPSA) is 40.5 Å². The summed E-state index contributed by atoms with van der Waals surface area (Å²) in [4.78, 5) is 13.3. The fourth-order valence-electron chi connectivity index (χ4n) is 3.57. The maximum atomic E-state index is 11.0. The van der Waals surface area contributed by atoms with Gasteiger partial charge in [0.25, 0.3) is 0 Å². The zero-order chi connectivity index (χ0) is 14.6. The molecule has 0 atom stereocenters. The molecule has 3 nitrogen and oxygen atoms in total. The van der Waals surface area contributed by atoms with Crippen molar-refractivity contribution in [3.63, 3.8) is 0 Å². The third-order valence-electron chi connectivity index (χ3n) is 4.29. The van der Waals surface area contributed by atoms with Crippen LogP contribution in [0, 0.1) is 5.41 Å². The molecule has 0 amide bonds. The number of aliphatic carboxylic acids is 1. The Morgan fingerprint density at radius 1 is 1.20 bits per heavy atom. The molecule has 0 aliphatic carbocycles. The smallest absolute Gasteiger partial charge is 0.307 e. The maximum Gasteiger partial charge on any atom is 0.307 e. The summed E-state index contributed by atoms with van der Waals surface area (Å²) in [6.07, 6.45) is 5.12. The van der Waals surface area contributed by atoms with E-state index in [1.807, 2.05) is 18.2 Å². The molecule has 0 bridgehead atoms. The summed E-state index contributed by atoms with van der Waals surface area (Å²) >= 11 is 0. The lowest BCUT2D eigenvalue weighted by atomic mass is 9.72. The lowest BCUT2D eigenvalue weighted by Crippen LogP contribution is -2.56. The minimum Gasteiger partial charge on any atom is -0.481 e. The first-order valence-electron chi connectivity index (χ1n) is 7.65. The van der Waals surface area contributed by atoms with Crippen LogP contribution in [0.15, 0.2) is 24.3 Å². The largest absolute Gasteiger partial charge is 0.481 e. The summed E-state index contributed by atoms with van der Waals surface area (Å²) in [5.74, 6) is -0.758. The molecule has 1 saturated heterocycles. The SMILES string of the molecule is CCCC1(CCC)CN(c2ccccc2CC(=O)O)C1. The summed E-state index contributed by atoms with van der Waals surface area (Å²) < 4.78 is 0. The molecule has 0 spiro atoms. The van der Waals surface area contributed by atoms with Gasteiger partial charge in [-0.1, -0.05) is 44.9 Å². The molecule has 0 radical (unpaired) electrons. The van der Waals surface area contributed by atoms with Crippen LogP contribution in [0.2, 0.25) is 0 Å². The zero-order valence-corrected chi connectivity index (χ0v) is 12.6. The van der Waals surface area contributed by atoms with Crippen molar-refractivity contribution in [2.75, 3.05) is 18.0 Å². The van der Waals surface area contributed by atoms with Gasteiger partial charge in [-0.15, -0.1) is 0 Å². The van der Waals surface area contributed by atoms with E-state index in [0.717, 1.165) is 24.3 Å². The minimum atomic E-state index is -0.758. The van der Waals surface area contributed by atoms with Gasteiger partial charge in [-0.3, -0.25) is 4.79 Å². The van der Waals surface area contributed by atoms with Crippen molar-refractivity contribution in [2.24, 2.45) is 5.41 Å². The van der Waals surface area contributed by atoms with Crippen molar-refractivity contribution in [3.05, 3.63) is 29.8 Å². The summed E-state index contributed by atoms with van der Waals surface area (Å²) in [6, 6.07) is 7.91. The zero-order valence-electron chi connectivity index (χ0n) is 12.6. The van der Waals surface area contributed by atoms with Crippen LogP contribution in [0.1, 0.15) is 45.1 Å². The van der Waals surface area contributed by atoms with E-state index in [-0.39, 0.29) is 6.42 Å². The number of rotatable bonds is 7. The van der Waals surface area contributed by atoms with Crippen LogP contribution in [-0.4, -0.2) is 24.2 Å². The molecular formula is C17H25NO2. The summed E-state index contributed by atoms with van der Waals surface area (Å²) in [6.45, 7) is 6.65. The Hall–Kier alpha value is -1.51. The molecule has 3 heteroatoms. The second-order valence-corrected chi connectivity index (χ2v) is 6.06. The average Bonchev–Trinajstić information content (AvgIpc) is 2.36. The highest BCUT2D eigenvalue weighted by atomic mass is 16.4. The molecule has 1 aromatic rings. The second-order valence-electron chi connectivity index (χ2n) is 6.06. The monoisotopic (exact) mass is 275 g/mol. The number of anilines is 1. The molecule has 0 saturated carbocycles. The van der Waals surface area contributed by atoms with Crippen LogP contribution in [-0.2, 0) is 11.2 Å². The van der Waals surface area contributed by atoms with Crippen molar-refractivity contribution in [2.45, 2.75) is 46.0 Å². The number of para-hydroxylation sites is 1. The quantitative estimate of drug-likeness (QED) is 0.824. The maximum absolute atomic E-state index is 11.0. The normalized spacial score (nSPS) is 16.8. The highest BCUT2D eigenvalue weighted by Gasteiger charge is 2.41. The molecule has 1 aromatic carbocycles. The van der Waals surface area contributed by atoms with Gasteiger partial charge in [-0.2, -0.15) is 0 Å². The lowest BCUT2D eigenvalue weighted by Gasteiger charge is -2.52. The molecule has 0 unspecified atom stereocenters. The van der Waals surface area contributed by atoms with Gasteiger partial charge >= 0.3 is 5.97 Å². The van der Waals surface area contributed by atoms with Gasteiger partial charge in [-0.05, 0) is 24.5 Å². The Balaban J connectivity index is 2.09. The Morgan fingerprint density at radius 2 is 1.80 bits per heavy atom. The summed E-state index contributed by atoms with van der Waals surface area (Å²) in [5, 5.41) is 9.02. The highest BCUT2D eigenvalue weighted by molar-refractivity contribution is 5.74. The Bertz CT molecular complexity index is 456. The number of carboxylic acid groups (broad SMARTS) is 1. The number of carboxylic acids is 1. The first-order valence-corrected chi connectivity index (χ1v) is 7.65. The van der Waals surface area contributed by atoms with Gasteiger partial charge in [0.05, 0.1) is 6.42 Å². The standard InChI is InChI=1S/C17H25NO2/c1-3-9-17(10-4-2)12-18(13-17)15-8-6-5-7-14(15)11-16(19)20/h5-8H,3-4,9-13H2,1-2H3,(H,19,20). The second kappa shape index (κ2) is 6.29. The van der Waals surface area contributed by atoms with Gasteiger partial charge in [0, 0.05) is 24.2 Å². The minimum absolute atomic E-state index is 0.112. The number of nitrogens with zero attached hydrogens (tertiary/aromatic N) is 1. The molecule has 1 N–H and O–H groups in total. The summed E-state index contributed by atoms with van der Waals surface area (Å²) in [5.41, 5.74) is 2.50. The highest BCUT2D eigenvalue weighted by Crippen LogP contribution is 2.42. The van der Waals surface area contributed by atoms with Crippen molar-refractivity contribution < 1.29 is 9.90 Å². The number of hydrogen-bond acceptors (Lipinski definition) is 2. The van der Waals surface area contributed by atoms with Crippen LogP contribution >= 0.6 is 0 Å². The van der Waals surface area contributed by atoms with E-state index in [4.69, 9.17) is 5.11 Å². The van der Waals surface area contributed by atoms with E-state index in [1.165, 1.54) is 25.7 Å². The summed E-state index contributed by atoms with van der Waals surface area (Å²) in [7, 11) is 0. The molecule has 1 fully saturated rings. The van der Waals surface area contributed by atoms with Crippen molar-refractivity contribution in [1.29, 1.82) is 0 Å². The van der Waals surface area contributed by atoms with Gasteiger partial charge in [0.1, 0.15) is 0 Å². The first-order chi connectivity index (χ1) is 9.60. The number of carbonyl (C=O) groups is 1. The van der Waals surface area contributed by atoms with E-state index in [9.17, 15) is 4.79 Å². The van der Waals surface area contributed by atoms with Crippen LogP contribution < -0.4 is 4.90 Å².